The molecule has 0 atom stereocenters. The number of hydrogen-bond acceptors (Lipinski definition) is 4. The highest BCUT2D eigenvalue weighted by Crippen LogP contribution is 2.32. The van der Waals surface area contributed by atoms with Crippen molar-refractivity contribution in [2.24, 2.45) is 0 Å². The van der Waals surface area contributed by atoms with Crippen molar-refractivity contribution in [2.75, 3.05) is 32.8 Å². The average molecular weight is 723 g/mol. The summed E-state index contributed by atoms with van der Waals surface area (Å²) >= 11 is 1.87. The van der Waals surface area contributed by atoms with E-state index in [1.54, 1.807) is 0 Å². The lowest BCUT2D eigenvalue weighted by Gasteiger charge is -2.38. The van der Waals surface area contributed by atoms with E-state index >= 15 is 0 Å². The van der Waals surface area contributed by atoms with Crippen molar-refractivity contribution >= 4 is 11.8 Å². The largest absolute Gasteiger partial charge is 0.379 e. The van der Waals surface area contributed by atoms with Crippen LogP contribution in [0.25, 0.3) is 0 Å². The third-order valence-electron chi connectivity index (χ3n) is 10.6. The van der Waals surface area contributed by atoms with Gasteiger partial charge in [0.05, 0.1) is 13.2 Å². The number of aromatic nitrogens is 1. The van der Waals surface area contributed by atoms with Crippen LogP contribution < -0.4 is 0 Å². The van der Waals surface area contributed by atoms with E-state index in [1.165, 1.54) is 100 Å². The summed E-state index contributed by atoms with van der Waals surface area (Å²) in [6.07, 6.45) is 16.2. The van der Waals surface area contributed by atoms with Gasteiger partial charge in [0, 0.05) is 29.3 Å². The fourth-order valence-electron chi connectivity index (χ4n) is 6.63. The van der Waals surface area contributed by atoms with Crippen LogP contribution >= 0.6 is 11.8 Å². The molecule has 284 valence electrons. The minimum Gasteiger partial charge on any atom is -0.379 e. The van der Waals surface area contributed by atoms with Gasteiger partial charge >= 0.3 is 0 Å². The van der Waals surface area contributed by atoms with Gasteiger partial charge in [-0.2, -0.15) is 0 Å². The number of likely N-dealkylation sites (tertiary alicyclic amines) is 1. The van der Waals surface area contributed by atoms with Crippen LogP contribution in [0.1, 0.15) is 131 Å². The lowest BCUT2D eigenvalue weighted by atomic mass is 9.80. The molecule has 5 rings (SSSR count). The van der Waals surface area contributed by atoms with Gasteiger partial charge in [-0.15, -0.1) is 11.8 Å². The molecule has 2 aromatic carbocycles. The molecule has 0 saturated carbocycles. The summed E-state index contributed by atoms with van der Waals surface area (Å²) in [7, 11) is 0. The monoisotopic (exact) mass is 723 g/mol. The molecule has 52 heavy (non-hydrogen) atoms. The molecule has 0 radical (unpaired) electrons. The number of pyridine rings is 1. The summed E-state index contributed by atoms with van der Waals surface area (Å²) in [5, 5.41) is 2.20. The highest BCUT2D eigenvalue weighted by atomic mass is 32.2. The topological polar surface area (TPSA) is 25.4 Å². The SMILES string of the molecule is C/C=C(/CCCC)S/C=C/CC.C/C=C(\C)CN1CCC(c2cccc(CCc3ccc(C)cc3C)n2)CC1.Cc1ccc(C2(C)COC2)cc1C. The minimum atomic E-state index is 0.276. The van der Waals surface area contributed by atoms with Crippen LogP contribution in [0.15, 0.2) is 88.7 Å². The van der Waals surface area contributed by atoms with Gasteiger partial charge in [0.15, 0.2) is 0 Å². The Morgan fingerprint density at radius 1 is 0.904 bits per heavy atom. The number of ether oxygens (including phenoxy) is 1. The number of unbranched alkanes of at least 4 members (excludes halogenated alkanes) is 1. The second kappa shape index (κ2) is 23.0. The molecule has 2 aliphatic heterocycles. The zero-order valence-electron chi connectivity index (χ0n) is 34.5. The van der Waals surface area contributed by atoms with Crippen molar-refractivity contribution < 1.29 is 4.74 Å². The summed E-state index contributed by atoms with van der Waals surface area (Å²) in [6.45, 7) is 27.1. The Hall–Kier alpha value is -2.92. The number of hydrogen-bond donors (Lipinski definition) is 0. The fraction of sp³-hybridized carbons (Fsp3) is 0.521. The predicted octanol–water partition coefficient (Wildman–Crippen LogP) is 13.0. The van der Waals surface area contributed by atoms with Gasteiger partial charge in [-0.25, -0.2) is 0 Å². The van der Waals surface area contributed by atoms with Crippen LogP contribution in [-0.2, 0) is 23.0 Å². The van der Waals surface area contributed by atoms with E-state index in [4.69, 9.17) is 9.72 Å². The van der Waals surface area contributed by atoms with Gasteiger partial charge < -0.3 is 4.74 Å². The van der Waals surface area contributed by atoms with Crippen molar-refractivity contribution in [2.45, 2.75) is 132 Å². The molecule has 0 N–H and O–H groups in total. The Bertz CT molecular complexity index is 1590. The Kier molecular flexibility index (Phi) is 19.2. The third kappa shape index (κ3) is 14.5. The normalized spacial score (nSPS) is 16.5. The van der Waals surface area contributed by atoms with E-state index in [9.17, 15) is 0 Å². The van der Waals surface area contributed by atoms with E-state index in [2.05, 4.69) is 152 Å². The number of piperidine rings is 1. The summed E-state index contributed by atoms with van der Waals surface area (Å²) in [6, 6.07) is 20.1. The first kappa shape index (κ1) is 43.5. The highest BCUT2D eigenvalue weighted by Gasteiger charge is 2.35. The molecule has 3 aromatic rings. The Balaban J connectivity index is 0.000000242. The first-order chi connectivity index (χ1) is 25.0. The smallest absolute Gasteiger partial charge is 0.0582 e. The van der Waals surface area contributed by atoms with Crippen LogP contribution in [0.4, 0.5) is 0 Å². The molecule has 0 amide bonds. The van der Waals surface area contributed by atoms with Gasteiger partial charge in [0.2, 0.25) is 0 Å². The van der Waals surface area contributed by atoms with Gasteiger partial charge in [-0.05, 0) is 157 Å². The highest BCUT2D eigenvalue weighted by molar-refractivity contribution is 8.05. The second-order valence-corrected chi connectivity index (χ2v) is 16.3. The molecule has 3 nitrogen and oxygen atoms in total. The lowest BCUT2D eigenvalue weighted by Crippen LogP contribution is -2.43. The molecule has 3 heterocycles. The standard InChI is InChI=1S/C25H34N2.C12H16O.C11H20S/c1-5-19(2)18-27-15-13-23(14-16-27)25-8-6-7-24(26-25)12-11-22-10-9-20(3)17-21(22)4;1-9-4-5-11(6-10(9)2)12(3)7-13-8-12;1-4-7-9-11(6-3)12-10-8-5-2/h5-10,17,23H,11-16,18H2,1-4H3;4-6H,7-8H2,1-3H3;6,8,10H,4-5,7,9H2,1-3H3/b19-5+;;10-8+,11-6-. The van der Waals surface area contributed by atoms with Gasteiger partial charge in [0.1, 0.15) is 0 Å². The number of thioether (sulfide) groups is 1. The molecule has 0 aliphatic carbocycles. The maximum atomic E-state index is 5.26. The molecule has 1 aromatic heterocycles. The Morgan fingerprint density at radius 3 is 2.25 bits per heavy atom. The van der Waals surface area contributed by atoms with Crippen LogP contribution in [0.5, 0.6) is 0 Å². The minimum absolute atomic E-state index is 0.276. The van der Waals surface area contributed by atoms with E-state index in [0.717, 1.165) is 39.0 Å². The molecule has 4 heteroatoms. The summed E-state index contributed by atoms with van der Waals surface area (Å²) in [4.78, 5) is 9.11. The van der Waals surface area contributed by atoms with Crippen molar-refractivity contribution in [1.82, 2.24) is 9.88 Å². The third-order valence-corrected chi connectivity index (χ3v) is 11.7. The molecular formula is C48H70N2OS. The van der Waals surface area contributed by atoms with Crippen LogP contribution in [0.2, 0.25) is 0 Å². The van der Waals surface area contributed by atoms with Crippen molar-refractivity contribution in [1.29, 1.82) is 0 Å². The zero-order chi connectivity index (χ0) is 37.9. The maximum Gasteiger partial charge on any atom is 0.0582 e. The van der Waals surface area contributed by atoms with Gasteiger partial charge in [-0.1, -0.05) is 99.0 Å². The van der Waals surface area contributed by atoms with Crippen molar-refractivity contribution in [3.8, 4) is 0 Å². The Morgan fingerprint density at radius 2 is 1.65 bits per heavy atom. The van der Waals surface area contributed by atoms with Crippen molar-refractivity contribution in [3.05, 3.63) is 133 Å². The number of benzene rings is 2. The molecule has 2 saturated heterocycles. The number of allylic oxidation sites excluding steroid dienone is 4. The van der Waals surface area contributed by atoms with Crippen LogP contribution in [-0.4, -0.2) is 42.7 Å². The van der Waals surface area contributed by atoms with Crippen molar-refractivity contribution in [3.63, 3.8) is 0 Å². The molecule has 2 fully saturated rings. The molecule has 0 bridgehead atoms. The average Bonchev–Trinajstić information content (AvgIpc) is 3.14. The van der Waals surface area contributed by atoms with Crippen LogP contribution in [0, 0.1) is 27.7 Å². The lowest BCUT2D eigenvalue weighted by molar-refractivity contribution is -0.0500. The Labute approximate surface area is 323 Å². The summed E-state index contributed by atoms with van der Waals surface area (Å²) in [5.41, 5.74) is 12.6. The molecule has 0 unspecified atom stereocenters. The quantitative estimate of drug-likeness (QED) is 0.164. The molecular weight excluding hydrogens is 653 g/mol. The first-order valence-corrected chi connectivity index (χ1v) is 20.9. The second-order valence-electron chi connectivity index (χ2n) is 15.3. The summed E-state index contributed by atoms with van der Waals surface area (Å²) < 4.78 is 5.26. The van der Waals surface area contributed by atoms with E-state index in [1.807, 2.05) is 11.8 Å². The first-order valence-electron chi connectivity index (χ1n) is 20.0. The van der Waals surface area contributed by atoms with E-state index in [0.29, 0.717) is 5.92 Å². The maximum absolute atomic E-state index is 5.26. The zero-order valence-corrected chi connectivity index (χ0v) is 35.3. The number of aryl methyl sites for hydroxylation is 6. The van der Waals surface area contributed by atoms with E-state index < -0.39 is 0 Å². The van der Waals surface area contributed by atoms with E-state index in [-0.39, 0.29) is 5.41 Å². The number of nitrogens with zero attached hydrogens (tertiary/aromatic N) is 2. The van der Waals surface area contributed by atoms with Crippen LogP contribution in [0.3, 0.4) is 0 Å². The predicted molar refractivity (Wildman–Crippen MR) is 230 cm³/mol. The number of rotatable bonds is 13. The molecule has 2 aliphatic rings. The van der Waals surface area contributed by atoms with Gasteiger partial charge in [0.25, 0.3) is 0 Å². The summed E-state index contributed by atoms with van der Waals surface area (Å²) in [5.74, 6) is 0.619. The fourth-order valence-corrected chi connectivity index (χ4v) is 7.49. The molecule has 0 spiro atoms. The van der Waals surface area contributed by atoms with Gasteiger partial charge in [-0.3, -0.25) is 9.88 Å².